The number of rotatable bonds is 5. The van der Waals surface area contributed by atoms with E-state index in [-0.39, 0.29) is 6.61 Å². The van der Waals surface area contributed by atoms with Crippen LogP contribution in [0.5, 0.6) is 0 Å². The van der Waals surface area contributed by atoms with Gasteiger partial charge in [0.15, 0.2) is 6.61 Å². The van der Waals surface area contributed by atoms with Gasteiger partial charge in [0.25, 0.3) is 11.8 Å². The van der Waals surface area contributed by atoms with E-state index in [1.54, 1.807) is 0 Å². The number of aryl methyl sites for hydroxylation is 3. The van der Waals surface area contributed by atoms with Gasteiger partial charge in [-0.05, 0) is 55.7 Å². The van der Waals surface area contributed by atoms with Crippen LogP contribution in [0.3, 0.4) is 0 Å². The fourth-order valence-electron chi connectivity index (χ4n) is 3.55. The maximum absolute atomic E-state index is 12.2. The van der Waals surface area contributed by atoms with Gasteiger partial charge in [0.05, 0.1) is 5.56 Å². The Hall–Kier alpha value is -2.19. The number of carbonyl (C=O) groups is 3. The van der Waals surface area contributed by atoms with Crippen molar-refractivity contribution >= 4 is 45.5 Å². The van der Waals surface area contributed by atoms with Crippen LogP contribution in [0.4, 0.5) is 5.00 Å². The highest BCUT2D eigenvalue weighted by atomic mass is 32.1. The van der Waals surface area contributed by atoms with E-state index in [4.69, 9.17) is 10.5 Å². The average molecular weight is 390 g/mol. The van der Waals surface area contributed by atoms with Gasteiger partial charge in [-0.2, -0.15) is 0 Å². The Morgan fingerprint density at radius 3 is 2.62 bits per heavy atom. The number of hydrogen-bond donors (Lipinski definition) is 2. The molecule has 4 rings (SSSR count). The second kappa shape index (κ2) is 6.85. The quantitative estimate of drug-likeness (QED) is 0.767. The maximum Gasteiger partial charge on any atom is 0.348 e. The van der Waals surface area contributed by atoms with Gasteiger partial charge in [-0.15, -0.1) is 22.7 Å². The molecular formula is C18H18N2O4S2. The Morgan fingerprint density at radius 2 is 1.85 bits per heavy atom. The molecule has 8 heteroatoms. The Kier molecular flexibility index (Phi) is 4.54. The molecule has 0 bridgehead atoms. The number of ether oxygens (including phenoxy) is 1. The molecule has 3 N–H and O–H groups in total. The van der Waals surface area contributed by atoms with Gasteiger partial charge >= 0.3 is 5.97 Å². The van der Waals surface area contributed by atoms with Crippen LogP contribution in [0.1, 0.15) is 53.8 Å². The number of amides is 2. The smallest absolute Gasteiger partial charge is 0.348 e. The van der Waals surface area contributed by atoms with Gasteiger partial charge in [0, 0.05) is 9.75 Å². The summed E-state index contributed by atoms with van der Waals surface area (Å²) < 4.78 is 5.12. The van der Waals surface area contributed by atoms with Crippen molar-refractivity contribution in [2.75, 3.05) is 11.9 Å². The number of carbonyl (C=O) groups excluding carboxylic acids is 3. The minimum Gasteiger partial charge on any atom is -0.451 e. The van der Waals surface area contributed by atoms with Gasteiger partial charge in [0.1, 0.15) is 9.88 Å². The number of primary amides is 1. The Morgan fingerprint density at radius 1 is 1.08 bits per heavy atom. The lowest BCUT2D eigenvalue weighted by molar-refractivity contribution is -0.119. The number of thiophene rings is 2. The zero-order valence-corrected chi connectivity index (χ0v) is 15.7. The van der Waals surface area contributed by atoms with Gasteiger partial charge in [-0.25, -0.2) is 4.79 Å². The first-order chi connectivity index (χ1) is 12.5. The molecule has 6 nitrogen and oxygen atoms in total. The molecule has 0 aliphatic heterocycles. The molecule has 2 amide bonds. The second-order valence-electron chi connectivity index (χ2n) is 6.46. The zero-order valence-electron chi connectivity index (χ0n) is 14.1. The Balaban J connectivity index is 1.38. The Bertz CT molecular complexity index is 891. The molecule has 2 aromatic rings. The Labute approximate surface area is 158 Å². The summed E-state index contributed by atoms with van der Waals surface area (Å²) in [5.41, 5.74) is 8.03. The van der Waals surface area contributed by atoms with Crippen molar-refractivity contribution in [3.8, 4) is 0 Å². The van der Waals surface area contributed by atoms with E-state index in [1.165, 1.54) is 33.1 Å². The fraction of sp³-hybridized carbons (Fsp3) is 0.389. The van der Waals surface area contributed by atoms with Crippen molar-refractivity contribution in [2.24, 2.45) is 5.73 Å². The summed E-state index contributed by atoms with van der Waals surface area (Å²) >= 11 is 2.82. The minimum atomic E-state index is -0.537. The number of nitrogens with two attached hydrogens (primary N) is 1. The number of hydrogen-bond acceptors (Lipinski definition) is 6. The molecule has 2 aliphatic rings. The van der Waals surface area contributed by atoms with Crippen LogP contribution in [0.2, 0.25) is 0 Å². The maximum atomic E-state index is 12.2. The number of fused-ring (bicyclic) bond motifs is 2. The third-order valence-electron chi connectivity index (χ3n) is 4.70. The predicted octanol–water partition coefficient (Wildman–Crippen LogP) is 2.68. The summed E-state index contributed by atoms with van der Waals surface area (Å²) in [4.78, 5) is 38.9. The topological polar surface area (TPSA) is 98.5 Å². The summed E-state index contributed by atoms with van der Waals surface area (Å²) in [7, 11) is 0. The fourth-order valence-corrected chi connectivity index (χ4v) is 6.01. The molecule has 2 heterocycles. The van der Waals surface area contributed by atoms with Crippen molar-refractivity contribution < 1.29 is 19.1 Å². The summed E-state index contributed by atoms with van der Waals surface area (Å²) in [5.74, 6) is -1.49. The first kappa shape index (κ1) is 17.2. The van der Waals surface area contributed by atoms with E-state index < -0.39 is 17.8 Å². The summed E-state index contributed by atoms with van der Waals surface area (Å²) in [6.45, 7) is -0.387. The van der Waals surface area contributed by atoms with E-state index in [9.17, 15) is 14.4 Å². The summed E-state index contributed by atoms with van der Waals surface area (Å²) in [6, 6.07) is 1.86. The second-order valence-corrected chi connectivity index (χ2v) is 8.70. The van der Waals surface area contributed by atoms with Gasteiger partial charge in [-0.3, -0.25) is 9.59 Å². The van der Waals surface area contributed by atoms with Crippen LogP contribution >= 0.6 is 22.7 Å². The highest BCUT2D eigenvalue weighted by molar-refractivity contribution is 7.17. The van der Waals surface area contributed by atoms with E-state index in [2.05, 4.69) is 5.32 Å². The van der Waals surface area contributed by atoms with Crippen molar-refractivity contribution in [3.63, 3.8) is 0 Å². The molecule has 0 saturated carbocycles. The molecule has 2 aliphatic carbocycles. The zero-order chi connectivity index (χ0) is 18.3. The monoisotopic (exact) mass is 390 g/mol. The lowest BCUT2D eigenvalue weighted by atomic mass is 10.1. The predicted molar refractivity (Wildman–Crippen MR) is 100 cm³/mol. The molecule has 0 saturated heterocycles. The lowest BCUT2D eigenvalue weighted by Gasteiger charge is -2.06. The lowest BCUT2D eigenvalue weighted by Crippen LogP contribution is -2.22. The van der Waals surface area contributed by atoms with Crippen molar-refractivity contribution in [3.05, 3.63) is 37.4 Å². The van der Waals surface area contributed by atoms with Crippen LogP contribution in [-0.2, 0) is 35.2 Å². The van der Waals surface area contributed by atoms with Gasteiger partial charge < -0.3 is 15.8 Å². The SMILES string of the molecule is NC(=O)c1c(NC(=O)COC(=O)c2cc3c(s2)CCC3)sc2c1CCC2. The van der Waals surface area contributed by atoms with E-state index >= 15 is 0 Å². The third-order valence-corrected chi connectivity index (χ3v) is 7.13. The molecule has 0 spiro atoms. The van der Waals surface area contributed by atoms with E-state index in [0.717, 1.165) is 49.0 Å². The van der Waals surface area contributed by atoms with E-state index in [1.807, 2.05) is 6.07 Å². The molecule has 26 heavy (non-hydrogen) atoms. The average Bonchev–Trinajstić information content (AvgIpc) is 3.30. The van der Waals surface area contributed by atoms with Crippen LogP contribution < -0.4 is 11.1 Å². The molecule has 0 radical (unpaired) electrons. The number of anilines is 1. The molecule has 2 aromatic heterocycles. The first-order valence-electron chi connectivity index (χ1n) is 8.56. The van der Waals surface area contributed by atoms with Crippen LogP contribution in [0, 0.1) is 0 Å². The van der Waals surface area contributed by atoms with Crippen LogP contribution in [0.15, 0.2) is 6.07 Å². The van der Waals surface area contributed by atoms with Gasteiger partial charge in [-0.1, -0.05) is 0 Å². The highest BCUT2D eigenvalue weighted by Crippen LogP contribution is 2.38. The largest absolute Gasteiger partial charge is 0.451 e. The van der Waals surface area contributed by atoms with Crippen molar-refractivity contribution in [2.45, 2.75) is 38.5 Å². The molecule has 0 atom stereocenters. The number of esters is 1. The molecule has 0 unspecified atom stereocenters. The van der Waals surface area contributed by atoms with E-state index in [0.29, 0.717) is 15.4 Å². The molecule has 136 valence electrons. The summed E-state index contributed by atoms with van der Waals surface area (Å²) in [5, 5.41) is 3.13. The molecule has 0 aromatic carbocycles. The minimum absolute atomic E-state index is 0.387. The molecule has 0 fully saturated rings. The standard InChI is InChI=1S/C18H18N2O4S2/c19-16(22)15-10-4-2-6-12(10)26-17(15)20-14(21)8-24-18(23)13-7-9-3-1-5-11(9)25-13/h7H,1-6,8H2,(H2,19,22)(H,20,21). The van der Waals surface area contributed by atoms with Crippen molar-refractivity contribution in [1.82, 2.24) is 0 Å². The van der Waals surface area contributed by atoms with Crippen LogP contribution in [-0.4, -0.2) is 24.4 Å². The van der Waals surface area contributed by atoms with Gasteiger partial charge in [0.2, 0.25) is 0 Å². The van der Waals surface area contributed by atoms with Crippen molar-refractivity contribution in [1.29, 1.82) is 0 Å². The first-order valence-corrected chi connectivity index (χ1v) is 10.2. The third kappa shape index (κ3) is 3.14. The highest BCUT2D eigenvalue weighted by Gasteiger charge is 2.26. The summed E-state index contributed by atoms with van der Waals surface area (Å²) in [6.07, 6.45) is 5.83. The molecular weight excluding hydrogens is 372 g/mol. The number of nitrogens with one attached hydrogen (secondary N) is 1. The van der Waals surface area contributed by atoms with Crippen LogP contribution in [0.25, 0.3) is 0 Å². The normalized spacial score (nSPS) is 14.8.